The lowest BCUT2D eigenvalue weighted by molar-refractivity contribution is -0.135. The molecule has 0 radical (unpaired) electrons. The van der Waals surface area contributed by atoms with Crippen molar-refractivity contribution < 1.29 is 24.2 Å². The number of alkyl halides is 1. The van der Waals surface area contributed by atoms with Crippen LogP contribution in [0.25, 0.3) is 0 Å². The molecule has 0 spiro atoms. The molecule has 43 heavy (non-hydrogen) atoms. The molecule has 2 aromatic carbocycles. The van der Waals surface area contributed by atoms with E-state index >= 15 is 0 Å². The van der Waals surface area contributed by atoms with Gasteiger partial charge in [0.1, 0.15) is 18.9 Å². The van der Waals surface area contributed by atoms with Crippen molar-refractivity contribution in [1.29, 1.82) is 0 Å². The van der Waals surface area contributed by atoms with Crippen molar-refractivity contribution in [1.82, 2.24) is 0 Å². The van der Waals surface area contributed by atoms with Crippen molar-refractivity contribution in [3.05, 3.63) is 59.7 Å². The standard InChI is InChI=1S/C15H21IO2.C15H22O3.C3H9ClSi.2CH4/c2*1-2-3-4-5-6-7-15(17)18-14-10-8-13(12-16)9-11-14;1-5(2,3)4;;/h8-11H,2-7,12H2,1H3;8-11,16H,2-7,12H2,1H3;1-3H3;2*1H4. The fourth-order valence-electron chi connectivity index (χ4n) is 3.42. The molecule has 0 bridgehead atoms. The van der Waals surface area contributed by atoms with E-state index in [-0.39, 0.29) is 33.4 Å². The summed E-state index contributed by atoms with van der Waals surface area (Å²) in [6.07, 6.45) is 12.4. The van der Waals surface area contributed by atoms with Gasteiger partial charge >= 0.3 is 11.9 Å². The van der Waals surface area contributed by atoms with Gasteiger partial charge in [-0.2, -0.15) is 11.1 Å². The molecule has 1 N–H and O–H groups in total. The Morgan fingerprint density at radius 3 is 1.30 bits per heavy atom. The molecule has 2 aromatic rings. The van der Waals surface area contributed by atoms with Crippen molar-refractivity contribution in [2.75, 3.05) is 0 Å². The highest BCUT2D eigenvalue weighted by molar-refractivity contribution is 14.1. The number of unbranched alkanes of at least 4 members (excludes halogenated alkanes) is 8. The Hall–Kier alpha value is -1.42. The van der Waals surface area contributed by atoms with E-state index in [1.54, 1.807) is 24.3 Å². The molecule has 5 nitrogen and oxygen atoms in total. The summed E-state index contributed by atoms with van der Waals surface area (Å²) in [7, 11) is -1.14. The van der Waals surface area contributed by atoms with Gasteiger partial charge in [0.15, 0.2) is 0 Å². The number of ether oxygens (including phenoxy) is 2. The molecular formula is C35H60ClIO5Si. The van der Waals surface area contributed by atoms with E-state index in [1.807, 2.05) is 24.3 Å². The highest BCUT2D eigenvalue weighted by atomic mass is 127. The molecule has 0 aliphatic rings. The first kappa shape index (κ1) is 46.0. The van der Waals surface area contributed by atoms with Gasteiger partial charge in [0, 0.05) is 17.3 Å². The minimum atomic E-state index is -1.14. The van der Waals surface area contributed by atoms with Crippen molar-refractivity contribution >= 4 is 53.0 Å². The van der Waals surface area contributed by atoms with E-state index in [0.29, 0.717) is 24.3 Å². The van der Waals surface area contributed by atoms with Crippen LogP contribution in [0.3, 0.4) is 0 Å². The lowest BCUT2D eigenvalue weighted by Gasteiger charge is -2.05. The number of esters is 2. The fourth-order valence-corrected chi connectivity index (χ4v) is 3.93. The average Bonchev–Trinajstić information content (AvgIpc) is 2.93. The molecule has 8 heteroatoms. The van der Waals surface area contributed by atoms with Crippen LogP contribution >= 0.6 is 33.7 Å². The molecule has 0 atom stereocenters. The summed E-state index contributed by atoms with van der Waals surface area (Å²) in [5, 5.41) is 8.89. The smallest absolute Gasteiger partial charge is 0.311 e. The number of hydrogen-bond donors (Lipinski definition) is 1. The third-order valence-corrected chi connectivity index (χ3v) is 6.50. The SMILES string of the molecule is C.C.CCCCCCCC(=O)Oc1ccc(CI)cc1.CCCCCCCC(=O)Oc1ccc(CO)cc1.C[Si](C)(C)Cl. The Kier molecular flexibility index (Phi) is 31.3. The summed E-state index contributed by atoms with van der Waals surface area (Å²) in [4.78, 5) is 23.1. The first-order valence-electron chi connectivity index (χ1n) is 15.0. The van der Waals surface area contributed by atoms with Crippen LogP contribution < -0.4 is 9.47 Å². The molecule has 0 amide bonds. The van der Waals surface area contributed by atoms with Gasteiger partial charge in [-0.1, -0.05) is 147 Å². The minimum Gasteiger partial charge on any atom is -0.427 e. The molecular weight excluding hydrogens is 691 g/mol. The molecule has 0 aromatic heterocycles. The second kappa shape index (κ2) is 29.3. The topological polar surface area (TPSA) is 72.8 Å². The van der Waals surface area contributed by atoms with E-state index in [9.17, 15) is 9.59 Å². The van der Waals surface area contributed by atoms with Gasteiger partial charge in [-0.25, -0.2) is 0 Å². The highest BCUT2D eigenvalue weighted by Gasteiger charge is 2.06. The maximum Gasteiger partial charge on any atom is 0.311 e. The Bertz CT molecular complexity index is 853. The largest absolute Gasteiger partial charge is 0.427 e. The number of halogens is 2. The van der Waals surface area contributed by atoms with Crippen LogP contribution in [0.2, 0.25) is 19.6 Å². The average molecular weight is 751 g/mol. The van der Waals surface area contributed by atoms with Crippen LogP contribution in [0.5, 0.6) is 11.5 Å². The number of rotatable bonds is 16. The Labute approximate surface area is 283 Å². The Balaban J connectivity index is -0.000000618. The highest BCUT2D eigenvalue weighted by Crippen LogP contribution is 2.16. The predicted octanol–water partition coefficient (Wildman–Crippen LogP) is 11.7. The summed E-state index contributed by atoms with van der Waals surface area (Å²) in [6, 6.07) is 14.6. The monoisotopic (exact) mass is 750 g/mol. The normalized spacial score (nSPS) is 10.0. The zero-order chi connectivity index (χ0) is 30.9. The van der Waals surface area contributed by atoms with Crippen molar-refractivity contribution in [2.24, 2.45) is 0 Å². The van der Waals surface area contributed by atoms with E-state index in [4.69, 9.17) is 25.7 Å². The maximum absolute atomic E-state index is 11.6. The van der Waals surface area contributed by atoms with Crippen LogP contribution in [-0.2, 0) is 20.6 Å². The van der Waals surface area contributed by atoms with Crippen LogP contribution in [0.1, 0.15) is 117 Å². The maximum atomic E-state index is 11.6. The number of benzene rings is 2. The van der Waals surface area contributed by atoms with Gasteiger partial charge in [0.2, 0.25) is 0 Å². The molecule has 0 aliphatic heterocycles. The number of hydrogen-bond acceptors (Lipinski definition) is 5. The zero-order valence-electron chi connectivity index (χ0n) is 25.9. The third kappa shape index (κ3) is 30.4. The first-order chi connectivity index (χ1) is 19.5. The van der Waals surface area contributed by atoms with Gasteiger partial charge in [-0.3, -0.25) is 9.59 Å². The van der Waals surface area contributed by atoms with Gasteiger partial charge in [-0.05, 0) is 48.2 Å². The summed E-state index contributed by atoms with van der Waals surface area (Å²) in [5.41, 5.74) is 2.06. The van der Waals surface area contributed by atoms with Gasteiger partial charge in [-0.15, -0.1) is 0 Å². The Morgan fingerprint density at radius 1 is 0.674 bits per heavy atom. The number of carbonyl (C=O) groups is 2. The van der Waals surface area contributed by atoms with Crippen molar-refractivity contribution in [3.63, 3.8) is 0 Å². The number of aliphatic hydroxyl groups is 1. The number of carbonyl (C=O) groups excluding carboxylic acids is 2. The van der Waals surface area contributed by atoms with Crippen LogP contribution in [0.15, 0.2) is 48.5 Å². The summed E-state index contributed by atoms with van der Waals surface area (Å²) in [6.45, 7) is 10.6. The molecule has 0 heterocycles. The van der Waals surface area contributed by atoms with Gasteiger partial charge < -0.3 is 14.6 Å². The van der Waals surface area contributed by atoms with E-state index in [1.165, 1.54) is 44.1 Å². The molecule has 2 rings (SSSR count). The van der Waals surface area contributed by atoms with E-state index in [2.05, 4.69) is 56.1 Å². The molecule has 0 saturated carbocycles. The minimum absolute atomic E-state index is 0. The van der Waals surface area contributed by atoms with Crippen LogP contribution in [-0.4, -0.2) is 24.4 Å². The lowest BCUT2D eigenvalue weighted by atomic mass is 10.1. The Morgan fingerprint density at radius 2 is 1.00 bits per heavy atom. The van der Waals surface area contributed by atoms with Gasteiger partial charge in [0.05, 0.1) is 6.61 Å². The molecule has 0 fully saturated rings. The second-order valence-electron chi connectivity index (χ2n) is 10.9. The van der Waals surface area contributed by atoms with E-state index < -0.39 is 7.38 Å². The zero-order valence-corrected chi connectivity index (χ0v) is 29.8. The summed E-state index contributed by atoms with van der Waals surface area (Å²) in [5.74, 6) is 0.907. The molecule has 0 aliphatic carbocycles. The first-order valence-corrected chi connectivity index (χ1v) is 21.0. The summed E-state index contributed by atoms with van der Waals surface area (Å²) >= 11 is 7.98. The quantitative estimate of drug-likeness (QED) is 0.0352. The van der Waals surface area contributed by atoms with Crippen LogP contribution in [0.4, 0.5) is 0 Å². The lowest BCUT2D eigenvalue weighted by Crippen LogP contribution is -2.07. The van der Waals surface area contributed by atoms with E-state index in [0.717, 1.165) is 35.7 Å². The molecule has 0 saturated heterocycles. The third-order valence-electron chi connectivity index (χ3n) is 5.62. The van der Waals surface area contributed by atoms with Gasteiger partial charge in [0.25, 0.3) is 0 Å². The predicted molar refractivity (Wildman–Crippen MR) is 197 cm³/mol. The van der Waals surface area contributed by atoms with Crippen LogP contribution in [0, 0.1) is 0 Å². The van der Waals surface area contributed by atoms with Crippen molar-refractivity contribution in [2.45, 2.75) is 136 Å². The van der Waals surface area contributed by atoms with Crippen molar-refractivity contribution in [3.8, 4) is 11.5 Å². The summed E-state index contributed by atoms with van der Waals surface area (Å²) < 4.78 is 11.5. The fraction of sp³-hybridized carbons (Fsp3) is 0.600. The number of aliphatic hydroxyl groups excluding tert-OH is 1. The second-order valence-corrected chi connectivity index (χ2v) is 19.2. The molecule has 0 unspecified atom stereocenters. The molecule has 248 valence electrons.